The van der Waals surface area contributed by atoms with Gasteiger partial charge in [0.25, 0.3) is 11.1 Å². The molecule has 1 amide bonds. The number of fused-ring (bicyclic) bond motifs is 1. The second-order valence-electron chi connectivity index (χ2n) is 6.31. The molecule has 10 heteroatoms. The summed E-state index contributed by atoms with van der Waals surface area (Å²) in [6.45, 7) is -0.384. The average molecular weight is 426 g/mol. The molecule has 4 rings (SSSR count). The lowest BCUT2D eigenvalue weighted by Gasteiger charge is -2.07. The van der Waals surface area contributed by atoms with Crippen molar-refractivity contribution in [1.29, 1.82) is 0 Å². The lowest BCUT2D eigenvalue weighted by molar-refractivity contribution is -0.117. The third kappa shape index (κ3) is 3.72. The molecule has 0 spiro atoms. The first-order chi connectivity index (χ1) is 14.5. The van der Waals surface area contributed by atoms with Crippen molar-refractivity contribution in [3.63, 3.8) is 0 Å². The van der Waals surface area contributed by atoms with Crippen LogP contribution in [0.25, 0.3) is 22.0 Å². The molecule has 152 valence electrons. The van der Waals surface area contributed by atoms with Crippen molar-refractivity contribution < 1.29 is 13.9 Å². The van der Waals surface area contributed by atoms with Gasteiger partial charge in [-0.2, -0.15) is 0 Å². The number of amides is 1. The van der Waals surface area contributed by atoms with E-state index in [9.17, 15) is 18.8 Å². The second-order valence-corrected chi connectivity index (χ2v) is 7.17. The highest BCUT2D eigenvalue weighted by Gasteiger charge is 2.13. The monoisotopic (exact) mass is 426 g/mol. The summed E-state index contributed by atoms with van der Waals surface area (Å²) in [7, 11) is 1.38. The van der Waals surface area contributed by atoms with Gasteiger partial charge in [-0.15, -0.1) is 11.3 Å². The van der Waals surface area contributed by atoms with E-state index in [-0.39, 0.29) is 28.2 Å². The number of hydrogen-bond donors (Lipinski definition) is 2. The number of anilines is 1. The minimum atomic E-state index is -0.537. The SMILES string of the molecule is COc1ccc(-c2csc(NC(=O)Cn3[nH]c(=O)c4ccccc4c3=O)n2)cc1F. The van der Waals surface area contributed by atoms with E-state index in [1.54, 1.807) is 29.6 Å². The molecule has 2 N–H and O–H groups in total. The van der Waals surface area contributed by atoms with Crippen molar-refractivity contribution >= 4 is 33.1 Å². The highest BCUT2D eigenvalue weighted by molar-refractivity contribution is 7.14. The van der Waals surface area contributed by atoms with Crippen LogP contribution in [0.4, 0.5) is 9.52 Å². The summed E-state index contributed by atoms with van der Waals surface area (Å²) in [6.07, 6.45) is 0. The number of aromatic nitrogens is 3. The number of halogens is 1. The number of H-pyrrole nitrogens is 1. The van der Waals surface area contributed by atoms with Crippen molar-refractivity contribution in [2.75, 3.05) is 12.4 Å². The molecule has 2 heterocycles. The van der Waals surface area contributed by atoms with Crippen LogP contribution < -0.4 is 21.2 Å². The Morgan fingerprint density at radius 3 is 2.73 bits per heavy atom. The third-order valence-electron chi connectivity index (χ3n) is 4.38. The van der Waals surface area contributed by atoms with Gasteiger partial charge < -0.3 is 10.1 Å². The first kappa shape index (κ1) is 19.5. The van der Waals surface area contributed by atoms with Crippen LogP contribution in [0.1, 0.15) is 0 Å². The zero-order valence-corrected chi connectivity index (χ0v) is 16.5. The molecule has 30 heavy (non-hydrogen) atoms. The lowest BCUT2D eigenvalue weighted by Crippen LogP contribution is -2.34. The number of carbonyl (C=O) groups is 1. The summed E-state index contributed by atoms with van der Waals surface area (Å²) < 4.78 is 19.7. The van der Waals surface area contributed by atoms with E-state index in [1.165, 1.54) is 25.3 Å². The number of nitrogens with one attached hydrogen (secondary N) is 2. The Kier molecular flexibility index (Phi) is 5.15. The Balaban J connectivity index is 1.53. The first-order valence-corrected chi connectivity index (χ1v) is 9.65. The Morgan fingerprint density at radius 1 is 1.23 bits per heavy atom. The lowest BCUT2D eigenvalue weighted by atomic mass is 10.1. The van der Waals surface area contributed by atoms with Gasteiger partial charge in [0, 0.05) is 10.9 Å². The van der Waals surface area contributed by atoms with Gasteiger partial charge in [0.2, 0.25) is 5.91 Å². The molecular weight excluding hydrogens is 411 g/mol. The topological polar surface area (TPSA) is 106 Å². The molecule has 2 aromatic heterocycles. The minimum Gasteiger partial charge on any atom is -0.494 e. The molecule has 0 bridgehead atoms. The summed E-state index contributed by atoms with van der Waals surface area (Å²) in [5.74, 6) is -0.935. The molecule has 0 aliphatic rings. The van der Waals surface area contributed by atoms with Crippen LogP contribution in [0, 0.1) is 5.82 Å². The van der Waals surface area contributed by atoms with Crippen molar-refractivity contribution in [2.45, 2.75) is 6.54 Å². The molecule has 0 aliphatic heterocycles. The number of thiazole rings is 1. The summed E-state index contributed by atoms with van der Waals surface area (Å²) in [5, 5.41) is 7.42. The van der Waals surface area contributed by atoms with Gasteiger partial charge in [0.1, 0.15) is 6.54 Å². The van der Waals surface area contributed by atoms with E-state index < -0.39 is 22.8 Å². The van der Waals surface area contributed by atoms with Gasteiger partial charge in [-0.1, -0.05) is 12.1 Å². The number of rotatable bonds is 5. The van der Waals surface area contributed by atoms with Crippen LogP contribution in [-0.2, 0) is 11.3 Å². The Bertz CT molecular complexity index is 1380. The van der Waals surface area contributed by atoms with Gasteiger partial charge in [0.15, 0.2) is 16.7 Å². The maximum Gasteiger partial charge on any atom is 0.273 e. The summed E-state index contributed by atoms with van der Waals surface area (Å²) in [6, 6.07) is 10.8. The number of carbonyl (C=O) groups excluding carboxylic acids is 1. The molecule has 0 radical (unpaired) electrons. The first-order valence-electron chi connectivity index (χ1n) is 8.77. The van der Waals surface area contributed by atoms with E-state index in [0.29, 0.717) is 11.3 Å². The van der Waals surface area contributed by atoms with Gasteiger partial charge >= 0.3 is 0 Å². The molecule has 0 unspecified atom stereocenters. The maximum atomic E-state index is 13.9. The molecule has 4 aromatic rings. The molecule has 0 atom stereocenters. The maximum absolute atomic E-state index is 13.9. The van der Waals surface area contributed by atoms with Crippen LogP contribution in [0.15, 0.2) is 57.4 Å². The number of aromatic amines is 1. The van der Waals surface area contributed by atoms with E-state index in [1.807, 2.05) is 0 Å². The van der Waals surface area contributed by atoms with Crippen LogP contribution in [0.5, 0.6) is 5.75 Å². The molecule has 0 aliphatic carbocycles. The Hall–Kier alpha value is -3.79. The van der Waals surface area contributed by atoms with E-state index in [2.05, 4.69) is 15.4 Å². The third-order valence-corrected chi connectivity index (χ3v) is 5.14. The van der Waals surface area contributed by atoms with E-state index in [4.69, 9.17) is 4.74 Å². The van der Waals surface area contributed by atoms with E-state index >= 15 is 0 Å². The molecule has 0 saturated heterocycles. The fraction of sp³-hybridized carbons (Fsp3) is 0.100. The smallest absolute Gasteiger partial charge is 0.273 e. The zero-order valence-electron chi connectivity index (χ0n) is 15.6. The van der Waals surface area contributed by atoms with Crippen molar-refractivity contribution in [3.05, 3.63) is 74.4 Å². The zero-order chi connectivity index (χ0) is 21.3. The number of ether oxygens (including phenoxy) is 1. The summed E-state index contributed by atoms with van der Waals surface area (Å²) >= 11 is 1.15. The largest absolute Gasteiger partial charge is 0.494 e. The van der Waals surface area contributed by atoms with Crippen LogP contribution >= 0.6 is 11.3 Å². The Morgan fingerprint density at radius 2 is 2.00 bits per heavy atom. The summed E-state index contributed by atoms with van der Waals surface area (Å²) in [4.78, 5) is 41.3. The molecule has 0 fully saturated rings. The quantitative estimate of drug-likeness (QED) is 0.510. The van der Waals surface area contributed by atoms with Crippen LogP contribution in [-0.4, -0.2) is 27.8 Å². The Labute approximate surface area is 172 Å². The highest BCUT2D eigenvalue weighted by atomic mass is 32.1. The minimum absolute atomic E-state index is 0.123. The van der Waals surface area contributed by atoms with Crippen molar-refractivity contribution in [2.24, 2.45) is 0 Å². The standard InChI is InChI=1S/C20H15FN4O4S/c1-29-16-7-6-11(8-14(16)21)15-10-30-20(22-15)23-17(26)9-25-19(28)13-5-3-2-4-12(13)18(27)24-25/h2-8,10H,9H2,1H3,(H,24,27)(H,22,23,26). The van der Waals surface area contributed by atoms with Crippen LogP contribution in [0.2, 0.25) is 0 Å². The van der Waals surface area contributed by atoms with Gasteiger partial charge in [0.05, 0.1) is 23.6 Å². The molecule has 0 saturated carbocycles. The fourth-order valence-electron chi connectivity index (χ4n) is 2.95. The van der Waals surface area contributed by atoms with Crippen molar-refractivity contribution in [3.8, 4) is 17.0 Å². The molecule has 8 nitrogen and oxygen atoms in total. The fourth-order valence-corrected chi connectivity index (χ4v) is 3.69. The predicted octanol–water partition coefficient (Wildman–Crippen LogP) is 2.60. The number of methoxy groups -OCH3 is 1. The van der Waals surface area contributed by atoms with Gasteiger partial charge in [-0.05, 0) is 30.3 Å². The van der Waals surface area contributed by atoms with Gasteiger partial charge in [-0.25, -0.2) is 14.1 Å². The highest BCUT2D eigenvalue weighted by Crippen LogP contribution is 2.28. The normalized spacial score (nSPS) is 10.9. The number of hydrogen-bond acceptors (Lipinski definition) is 6. The van der Waals surface area contributed by atoms with Gasteiger partial charge in [-0.3, -0.25) is 19.5 Å². The van der Waals surface area contributed by atoms with Crippen molar-refractivity contribution in [1.82, 2.24) is 14.8 Å². The predicted molar refractivity (Wildman–Crippen MR) is 112 cm³/mol. The second kappa shape index (κ2) is 7.91. The van der Waals surface area contributed by atoms with E-state index in [0.717, 1.165) is 16.0 Å². The number of nitrogens with zero attached hydrogens (tertiary/aromatic N) is 2. The number of benzene rings is 2. The molecule has 2 aromatic carbocycles. The molecular formula is C20H15FN4O4S. The van der Waals surface area contributed by atoms with Crippen LogP contribution in [0.3, 0.4) is 0 Å². The summed E-state index contributed by atoms with van der Waals surface area (Å²) in [5.41, 5.74) is 0.0678. The average Bonchev–Trinajstić information content (AvgIpc) is 3.20.